The predicted octanol–water partition coefficient (Wildman–Crippen LogP) is 0.702. The number of benzene rings is 1. The van der Waals surface area contributed by atoms with Crippen LogP contribution in [0.15, 0.2) is 29.2 Å². The lowest BCUT2D eigenvalue weighted by Gasteiger charge is -2.38. The monoisotopic (exact) mass is 472 g/mol. The summed E-state index contributed by atoms with van der Waals surface area (Å²) >= 11 is 1.01. The largest absolute Gasteiger partial charge is 0.330 e. The zero-order valence-corrected chi connectivity index (χ0v) is 19.2. The van der Waals surface area contributed by atoms with E-state index in [0.717, 1.165) is 41.8 Å². The Morgan fingerprint density at radius 2 is 2.06 bits per heavy atom. The Hall–Kier alpha value is -2.20. The second-order valence-corrected chi connectivity index (χ2v) is 10.2. The Kier molecular flexibility index (Phi) is 6.07. The average molecular weight is 473 g/mol. The van der Waals surface area contributed by atoms with Crippen LogP contribution in [0, 0.1) is 17.2 Å². The summed E-state index contributed by atoms with van der Waals surface area (Å²) in [5.41, 5.74) is 7.32. The van der Waals surface area contributed by atoms with Crippen LogP contribution in [-0.4, -0.2) is 69.8 Å². The van der Waals surface area contributed by atoms with Gasteiger partial charge >= 0.3 is 0 Å². The van der Waals surface area contributed by atoms with Gasteiger partial charge in [-0.2, -0.15) is 11.2 Å². The number of carbonyl (C=O) groups excluding carboxylic acids is 2. The molecule has 7 atom stereocenters. The van der Waals surface area contributed by atoms with Gasteiger partial charge in [-0.15, -0.1) is 9.32 Å². The topological polar surface area (TPSA) is 138 Å². The molecular weight excluding hydrogens is 444 g/mol. The minimum absolute atomic E-state index is 0.0662. The third kappa shape index (κ3) is 4.01. The quantitative estimate of drug-likeness (QED) is 0.318. The smallest absolute Gasteiger partial charge is 0.242 e. The third-order valence-electron chi connectivity index (χ3n) is 7.52. The van der Waals surface area contributed by atoms with Gasteiger partial charge in [-0.3, -0.25) is 14.5 Å². The van der Waals surface area contributed by atoms with E-state index in [0.29, 0.717) is 19.0 Å². The van der Waals surface area contributed by atoms with Gasteiger partial charge in [0.25, 0.3) is 0 Å². The number of nitrogens with zero attached hydrogens (tertiary/aromatic N) is 4. The zero-order chi connectivity index (χ0) is 23.3. The molecule has 4 aliphatic rings. The molecule has 2 amide bonds. The van der Waals surface area contributed by atoms with Gasteiger partial charge in [0.15, 0.2) is 0 Å². The van der Waals surface area contributed by atoms with Crippen molar-refractivity contribution in [2.45, 2.75) is 67.3 Å². The molecule has 3 saturated heterocycles. The maximum absolute atomic E-state index is 13.2. The van der Waals surface area contributed by atoms with Crippen LogP contribution in [-0.2, 0) is 18.9 Å². The van der Waals surface area contributed by atoms with E-state index in [-0.39, 0.29) is 42.0 Å². The van der Waals surface area contributed by atoms with E-state index in [4.69, 9.17) is 11.6 Å². The van der Waals surface area contributed by atoms with Gasteiger partial charge in [-0.1, -0.05) is 12.1 Å². The van der Waals surface area contributed by atoms with Crippen molar-refractivity contribution < 1.29 is 18.9 Å². The summed E-state index contributed by atoms with van der Waals surface area (Å²) in [6, 6.07) is 8.83. The maximum atomic E-state index is 13.2. The number of carbonyl (C=O) groups is 2. The predicted molar refractivity (Wildman–Crippen MR) is 118 cm³/mol. The van der Waals surface area contributed by atoms with Crippen LogP contribution in [0.25, 0.3) is 0 Å². The van der Waals surface area contributed by atoms with Crippen LogP contribution in [0.2, 0.25) is 0 Å². The van der Waals surface area contributed by atoms with Crippen molar-refractivity contribution in [1.82, 2.24) is 14.7 Å². The first-order valence-corrected chi connectivity index (χ1v) is 12.0. The first-order chi connectivity index (χ1) is 15.9. The summed E-state index contributed by atoms with van der Waals surface area (Å²) in [7, 11) is 0. The van der Waals surface area contributed by atoms with Crippen molar-refractivity contribution in [3.8, 4) is 6.07 Å². The van der Waals surface area contributed by atoms with Gasteiger partial charge < -0.3 is 15.5 Å². The first-order valence-electron chi connectivity index (χ1n) is 11.3. The zero-order valence-electron chi connectivity index (χ0n) is 18.4. The molecule has 3 aliphatic heterocycles. The Morgan fingerprint density at radius 3 is 2.73 bits per heavy atom. The molecule has 176 valence electrons. The second-order valence-electron chi connectivity index (χ2n) is 9.39. The van der Waals surface area contributed by atoms with Gasteiger partial charge in [0.05, 0.1) is 36.2 Å². The molecule has 2 bridgehead atoms. The molecule has 1 aromatic rings. The Bertz CT molecular complexity index is 971. The van der Waals surface area contributed by atoms with E-state index in [1.54, 1.807) is 4.90 Å². The number of fused-ring (bicyclic) bond motifs is 3. The highest BCUT2D eigenvalue weighted by Gasteiger charge is 2.56. The van der Waals surface area contributed by atoms with Crippen LogP contribution in [0.3, 0.4) is 0 Å². The minimum Gasteiger partial charge on any atom is -0.330 e. The minimum atomic E-state index is -0.719. The number of amides is 2. The summed E-state index contributed by atoms with van der Waals surface area (Å²) in [5.74, 6) is 5.24. The fourth-order valence-corrected chi connectivity index (χ4v) is 6.20. The molecule has 5 rings (SSSR count). The van der Waals surface area contributed by atoms with Gasteiger partial charge in [-0.05, 0) is 49.8 Å². The highest BCUT2D eigenvalue weighted by molar-refractivity contribution is 7.94. The van der Waals surface area contributed by atoms with Crippen molar-refractivity contribution >= 4 is 23.9 Å². The van der Waals surface area contributed by atoms with Gasteiger partial charge in [0.2, 0.25) is 11.8 Å². The van der Waals surface area contributed by atoms with Crippen LogP contribution < -0.4 is 11.6 Å². The van der Waals surface area contributed by atoms with Crippen molar-refractivity contribution in [3.05, 3.63) is 29.8 Å². The van der Waals surface area contributed by atoms with Gasteiger partial charge in [-0.25, -0.2) is 0 Å². The SMILES string of the molecule is C[C@H](c1ccc(SOON)cc1)N1C(=O)[C@H]2C[C@@H]1CN2C[C@H](N)C(=O)N1C2C[C@H]2C[C@H]1C#N. The fraction of sp³-hybridized carbons (Fsp3) is 0.591. The number of hydrogen-bond acceptors (Lipinski definition) is 9. The van der Waals surface area contributed by atoms with Crippen molar-refractivity contribution in [2.24, 2.45) is 17.5 Å². The molecule has 33 heavy (non-hydrogen) atoms. The maximum Gasteiger partial charge on any atom is 0.242 e. The number of piperidine rings is 1. The van der Waals surface area contributed by atoms with Crippen molar-refractivity contribution in [2.75, 3.05) is 13.1 Å². The molecule has 1 saturated carbocycles. The summed E-state index contributed by atoms with van der Waals surface area (Å²) < 4.78 is 4.66. The Balaban J connectivity index is 1.19. The summed E-state index contributed by atoms with van der Waals surface area (Å²) in [6.07, 6.45) is 2.48. The lowest BCUT2D eigenvalue weighted by atomic mass is 10.1. The fourth-order valence-electron chi connectivity index (χ4n) is 5.83. The van der Waals surface area contributed by atoms with E-state index in [1.807, 2.05) is 41.0 Å². The molecule has 1 aromatic carbocycles. The van der Waals surface area contributed by atoms with Crippen LogP contribution >= 0.6 is 12.0 Å². The highest BCUT2D eigenvalue weighted by Crippen LogP contribution is 2.48. The normalized spacial score (nSPS) is 32.1. The van der Waals surface area contributed by atoms with E-state index in [1.165, 1.54) is 0 Å². The average Bonchev–Trinajstić information content (AvgIpc) is 3.15. The highest BCUT2D eigenvalue weighted by atomic mass is 32.2. The van der Waals surface area contributed by atoms with Gasteiger partial charge in [0.1, 0.15) is 6.04 Å². The van der Waals surface area contributed by atoms with E-state index in [2.05, 4.69) is 15.4 Å². The van der Waals surface area contributed by atoms with E-state index < -0.39 is 6.04 Å². The number of nitrogens with two attached hydrogens (primary N) is 2. The molecular formula is C22H28N6O4S. The molecule has 4 N–H and O–H groups in total. The molecule has 4 fully saturated rings. The Morgan fingerprint density at radius 1 is 1.30 bits per heavy atom. The van der Waals surface area contributed by atoms with E-state index in [9.17, 15) is 14.9 Å². The number of likely N-dealkylation sites (tertiary alicyclic amines) is 3. The van der Waals surface area contributed by atoms with Crippen LogP contribution in [0.1, 0.15) is 37.8 Å². The van der Waals surface area contributed by atoms with Crippen molar-refractivity contribution in [1.29, 1.82) is 5.26 Å². The molecule has 3 heterocycles. The molecule has 11 heteroatoms. The number of hydrogen-bond donors (Lipinski definition) is 2. The van der Waals surface area contributed by atoms with E-state index >= 15 is 0 Å². The molecule has 0 aromatic heterocycles. The molecule has 1 aliphatic carbocycles. The van der Waals surface area contributed by atoms with Gasteiger partial charge in [0, 0.05) is 30.1 Å². The lowest BCUT2D eigenvalue weighted by molar-refractivity contribution is -0.195. The number of piperazine rings is 1. The number of rotatable bonds is 8. The molecule has 0 radical (unpaired) electrons. The number of nitriles is 1. The van der Waals surface area contributed by atoms with Crippen molar-refractivity contribution in [3.63, 3.8) is 0 Å². The Labute approximate surface area is 196 Å². The lowest BCUT2D eigenvalue weighted by Crippen LogP contribution is -2.57. The second kappa shape index (κ2) is 8.87. The standard InChI is InChI=1S/C22H28N6O4S/c1-12(13-2-4-17(5-3-13)33-32-31-25)27-16-8-20(22(27)30)26(10-16)11-18(24)21(29)28-15(9-23)6-14-7-19(14)28/h2-5,12,14-16,18-20H,6-8,10-11,24-25H2,1H3/t12-,14-,15+,16-,18+,19?,20-/m1/s1. The molecule has 10 nitrogen and oxygen atoms in total. The van der Waals surface area contributed by atoms with Crippen LogP contribution in [0.4, 0.5) is 0 Å². The van der Waals surface area contributed by atoms with Crippen LogP contribution in [0.5, 0.6) is 0 Å². The molecule has 1 unspecified atom stereocenters. The third-order valence-corrected chi connectivity index (χ3v) is 8.13. The molecule has 0 spiro atoms. The summed E-state index contributed by atoms with van der Waals surface area (Å²) in [5, 5.41) is 9.38. The summed E-state index contributed by atoms with van der Waals surface area (Å²) in [4.78, 5) is 36.8. The first kappa shape index (κ1) is 22.6. The summed E-state index contributed by atoms with van der Waals surface area (Å²) in [6.45, 7) is 3.07.